The van der Waals surface area contributed by atoms with Gasteiger partial charge >= 0.3 is 5.97 Å². The van der Waals surface area contributed by atoms with Crippen molar-refractivity contribution in [2.75, 3.05) is 13.2 Å². The summed E-state index contributed by atoms with van der Waals surface area (Å²) in [6.07, 6.45) is 4.22. The second-order valence-electron chi connectivity index (χ2n) is 8.41. The van der Waals surface area contributed by atoms with Crippen molar-refractivity contribution in [3.63, 3.8) is 0 Å². The zero-order valence-corrected chi connectivity index (χ0v) is 19.1. The SMILES string of the molecule is NC(Cc1ccccc1)C(=O)N1CCCC1C(=O)NC(Cc1cnc[nH]1)C(=O)NC(CO)C(=O)O. The lowest BCUT2D eigenvalue weighted by atomic mass is 10.0. The first-order valence-electron chi connectivity index (χ1n) is 11.3. The summed E-state index contributed by atoms with van der Waals surface area (Å²) in [5.74, 6) is -3.09. The lowest BCUT2D eigenvalue weighted by Gasteiger charge is -2.28. The van der Waals surface area contributed by atoms with Gasteiger partial charge < -0.3 is 36.5 Å². The molecule has 0 radical (unpaired) electrons. The van der Waals surface area contributed by atoms with Crippen molar-refractivity contribution in [2.45, 2.75) is 49.9 Å². The van der Waals surface area contributed by atoms with Crippen molar-refractivity contribution >= 4 is 23.7 Å². The highest BCUT2D eigenvalue weighted by atomic mass is 16.4. The zero-order valence-electron chi connectivity index (χ0n) is 19.1. The van der Waals surface area contributed by atoms with E-state index in [9.17, 15) is 24.3 Å². The first kappa shape index (κ1) is 25.8. The predicted molar refractivity (Wildman–Crippen MR) is 124 cm³/mol. The van der Waals surface area contributed by atoms with Gasteiger partial charge in [-0.3, -0.25) is 14.4 Å². The highest BCUT2D eigenvalue weighted by molar-refractivity contribution is 5.94. The minimum absolute atomic E-state index is 0.00350. The van der Waals surface area contributed by atoms with Crippen LogP contribution in [0.5, 0.6) is 0 Å². The molecule has 7 N–H and O–H groups in total. The number of aliphatic hydroxyl groups is 1. The molecule has 3 amide bonds. The van der Waals surface area contributed by atoms with Crippen LogP contribution in [0.1, 0.15) is 24.1 Å². The van der Waals surface area contributed by atoms with Crippen LogP contribution in [0.15, 0.2) is 42.9 Å². The number of aromatic nitrogens is 2. The molecule has 12 nitrogen and oxygen atoms in total. The smallest absolute Gasteiger partial charge is 0.328 e. The van der Waals surface area contributed by atoms with Crippen molar-refractivity contribution in [1.29, 1.82) is 0 Å². The van der Waals surface area contributed by atoms with Crippen LogP contribution >= 0.6 is 0 Å². The summed E-state index contributed by atoms with van der Waals surface area (Å²) in [5.41, 5.74) is 7.59. The lowest BCUT2D eigenvalue weighted by molar-refractivity contribution is -0.144. The van der Waals surface area contributed by atoms with Gasteiger partial charge in [-0.2, -0.15) is 0 Å². The number of carbonyl (C=O) groups excluding carboxylic acids is 3. The van der Waals surface area contributed by atoms with Gasteiger partial charge in [0.05, 0.1) is 19.0 Å². The van der Waals surface area contributed by atoms with Crippen molar-refractivity contribution in [3.05, 3.63) is 54.1 Å². The Morgan fingerprint density at radius 3 is 2.51 bits per heavy atom. The van der Waals surface area contributed by atoms with Gasteiger partial charge in [0.15, 0.2) is 0 Å². The van der Waals surface area contributed by atoms with E-state index in [4.69, 9.17) is 10.8 Å². The third-order valence-electron chi connectivity index (χ3n) is 5.86. The van der Waals surface area contributed by atoms with Crippen LogP contribution in [0.2, 0.25) is 0 Å². The molecule has 0 aliphatic carbocycles. The Bertz CT molecular complexity index is 1010. The van der Waals surface area contributed by atoms with E-state index in [1.807, 2.05) is 30.3 Å². The number of aliphatic hydroxyl groups excluding tert-OH is 1. The van der Waals surface area contributed by atoms with Crippen molar-refractivity contribution < 1.29 is 29.4 Å². The van der Waals surface area contributed by atoms with Crippen LogP contribution in [-0.4, -0.2) is 86.1 Å². The number of nitrogens with one attached hydrogen (secondary N) is 3. The normalized spacial score (nSPS) is 17.9. The summed E-state index contributed by atoms with van der Waals surface area (Å²) < 4.78 is 0. The molecule has 1 aliphatic heterocycles. The number of rotatable bonds is 11. The Labute approximate surface area is 201 Å². The maximum absolute atomic E-state index is 13.2. The number of benzene rings is 1. The number of H-pyrrole nitrogens is 1. The third-order valence-corrected chi connectivity index (χ3v) is 5.86. The zero-order chi connectivity index (χ0) is 25.4. The molecule has 1 aromatic heterocycles. The van der Waals surface area contributed by atoms with Crippen molar-refractivity contribution in [1.82, 2.24) is 25.5 Å². The van der Waals surface area contributed by atoms with E-state index >= 15 is 0 Å². The van der Waals surface area contributed by atoms with Crippen LogP contribution < -0.4 is 16.4 Å². The fourth-order valence-electron chi connectivity index (χ4n) is 4.02. The van der Waals surface area contributed by atoms with Gasteiger partial charge in [-0.15, -0.1) is 0 Å². The number of likely N-dealkylation sites (tertiary alicyclic amines) is 1. The van der Waals surface area contributed by atoms with Gasteiger partial charge in [0, 0.05) is 24.9 Å². The maximum Gasteiger partial charge on any atom is 0.328 e. The Morgan fingerprint density at radius 2 is 1.89 bits per heavy atom. The topological polar surface area (TPSA) is 191 Å². The van der Waals surface area contributed by atoms with E-state index in [1.54, 1.807) is 0 Å². The molecule has 1 aliphatic rings. The summed E-state index contributed by atoms with van der Waals surface area (Å²) in [6.45, 7) is -0.446. The molecule has 188 valence electrons. The van der Waals surface area contributed by atoms with Gasteiger partial charge in [-0.1, -0.05) is 30.3 Å². The van der Waals surface area contributed by atoms with E-state index in [2.05, 4.69) is 20.6 Å². The second-order valence-corrected chi connectivity index (χ2v) is 8.41. The molecule has 2 aromatic rings. The minimum Gasteiger partial charge on any atom is -0.480 e. The monoisotopic (exact) mass is 486 g/mol. The predicted octanol–water partition coefficient (Wildman–Crippen LogP) is -1.44. The van der Waals surface area contributed by atoms with Crippen LogP contribution in [0, 0.1) is 0 Å². The summed E-state index contributed by atoms with van der Waals surface area (Å²) in [6, 6.07) is 5.01. The first-order valence-corrected chi connectivity index (χ1v) is 11.3. The van der Waals surface area contributed by atoms with Gasteiger partial charge in [0.25, 0.3) is 0 Å². The molecule has 4 unspecified atom stereocenters. The number of nitrogens with zero attached hydrogens (tertiary/aromatic N) is 2. The number of carbonyl (C=O) groups is 4. The van der Waals surface area contributed by atoms with Crippen LogP contribution in [0.25, 0.3) is 0 Å². The molecule has 0 spiro atoms. The van der Waals surface area contributed by atoms with Gasteiger partial charge in [0.2, 0.25) is 17.7 Å². The highest BCUT2D eigenvalue weighted by Gasteiger charge is 2.38. The lowest BCUT2D eigenvalue weighted by Crippen LogP contribution is -2.57. The number of carboxylic acid groups (broad SMARTS) is 1. The molecule has 12 heteroatoms. The molecule has 2 heterocycles. The Balaban J connectivity index is 1.69. The quantitative estimate of drug-likeness (QED) is 0.222. The summed E-state index contributed by atoms with van der Waals surface area (Å²) in [5, 5.41) is 23.2. The molecule has 35 heavy (non-hydrogen) atoms. The number of aliphatic carboxylic acids is 1. The summed E-state index contributed by atoms with van der Waals surface area (Å²) in [7, 11) is 0. The van der Waals surface area contributed by atoms with Gasteiger partial charge in [0.1, 0.15) is 18.1 Å². The Kier molecular flexibility index (Phi) is 8.92. The number of amides is 3. The van der Waals surface area contributed by atoms with Crippen LogP contribution in [-0.2, 0) is 32.0 Å². The second kappa shape index (κ2) is 12.1. The summed E-state index contributed by atoms with van der Waals surface area (Å²) >= 11 is 0. The van der Waals surface area contributed by atoms with E-state index < -0.39 is 48.6 Å². The maximum atomic E-state index is 13.2. The highest BCUT2D eigenvalue weighted by Crippen LogP contribution is 2.19. The minimum atomic E-state index is -1.52. The first-order chi connectivity index (χ1) is 16.8. The summed E-state index contributed by atoms with van der Waals surface area (Å²) in [4.78, 5) is 58.3. The van der Waals surface area contributed by atoms with E-state index in [1.165, 1.54) is 17.4 Å². The molecule has 1 aromatic carbocycles. The molecule has 1 fully saturated rings. The Hall–Kier alpha value is -3.77. The van der Waals surface area contributed by atoms with E-state index in [0.717, 1.165) is 5.56 Å². The average Bonchev–Trinajstić information content (AvgIpc) is 3.54. The molecule has 0 saturated carbocycles. The van der Waals surface area contributed by atoms with Crippen LogP contribution in [0.4, 0.5) is 0 Å². The molecule has 0 bridgehead atoms. The molecule has 4 atom stereocenters. The number of aromatic amines is 1. The third kappa shape index (κ3) is 6.87. The van der Waals surface area contributed by atoms with E-state index in [0.29, 0.717) is 31.5 Å². The number of nitrogens with two attached hydrogens (primary N) is 1. The van der Waals surface area contributed by atoms with Crippen LogP contribution in [0.3, 0.4) is 0 Å². The standard InChI is InChI=1S/C23H30N6O6/c24-16(9-14-5-2-1-3-6-14)22(33)29-8-4-7-19(29)21(32)27-17(10-15-11-25-13-26-15)20(31)28-18(12-30)23(34)35/h1-3,5-6,11,13,16-19,30H,4,7-10,12,24H2,(H,25,26)(H,27,32)(H,28,31)(H,34,35). The number of imidazole rings is 1. The van der Waals surface area contributed by atoms with Gasteiger partial charge in [-0.05, 0) is 24.8 Å². The Morgan fingerprint density at radius 1 is 1.14 bits per heavy atom. The number of hydrogen-bond donors (Lipinski definition) is 6. The molecular weight excluding hydrogens is 456 g/mol. The van der Waals surface area contributed by atoms with Gasteiger partial charge in [-0.25, -0.2) is 9.78 Å². The van der Waals surface area contributed by atoms with E-state index in [-0.39, 0.29) is 12.3 Å². The average molecular weight is 487 g/mol. The van der Waals surface area contributed by atoms with Crippen molar-refractivity contribution in [3.8, 4) is 0 Å². The molecule has 3 rings (SSSR count). The fourth-order valence-corrected chi connectivity index (χ4v) is 4.02. The molecular formula is C23H30N6O6. The molecule has 1 saturated heterocycles. The largest absolute Gasteiger partial charge is 0.480 e. The van der Waals surface area contributed by atoms with Crippen molar-refractivity contribution in [2.24, 2.45) is 5.73 Å². The number of hydrogen-bond acceptors (Lipinski definition) is 7. The number of carboxylic acids is 1. The fraction of sp³-hybridized carbons (Fsp3) is 0.435.